The molecule has 8 nitrogen and oxygen atoms in total. The molecule has 8 heteroatoms. The predicted octanol–water partition coefficient (Wildman–Crippen LogP) is 2.98. The van der Waals surface area contributed by atoms with E-state index in [1.165, 1.54) is 14.2 Å². The van der Waals surface area contributed by atoms with E-state index >= 15 is 0 Å². The number of nitrogens with zero attached hydrogens (tertiary/aromatic N) is 1. The van der Waals surface area contributed by atoms with E-state index in [1.807, 2.05) is 30.3 Å². The van der Waals surface area contributed by atoms with Gasteiger partial charge >= 0.3 is 12.0 Å². The van der Waals surface area contributed by atoms with E-state index in [0.717, 1.165) is 11.3 Å². The number of hydrogen-bond acceptors (Lipinski definition) is 5. The van der Waals surface area contributed by atoms with Crippen molar-refractivity contribution in [3.63, 3.8) is 0 Å². The molecular weight excluding hydrogens is 398 g/mol. The zero-order valence-corrected chi connectivity index (χ0v) is 18.3. The standard InChI is InChI=1S/C23H29N3O5/c1-23(16-30-3,15-21(28)31-4)25-22(29)24-18-12-10-17(11-13-18)14-20(27)26(2)19-8-6-5-7-9-19/h5-13H,14-16H2,1-4H3,(H2,24,25,29). The minimum absolute atomic E-state index is 0.0270. The molecule has 0 spiro atoms. The molecule has 0 heterocycles. The Labute approximate surface area is 182 Å². The second-order valence-electron chi connectivity index (χ2n) is 7.49. The summed E-state index contributed by atoms with van der Waals surface area (Å²) in [4.78, 5) is 38.1. The minimum atomic E-state index is -0.916. The zero-order valence-electron chi connectivity index (χ0n) is 18.3. The van der Waals surface area contributed by atoms with Crippen LogP contribution in [0.3, 0.4) is 0 Å². The van der Waals surface area contributed by atoms with Gasteiger partial charge in [0.1, 0.15) is 0 Å². The molecule has 0 fully saturated rings. The number of ether oxygens (including phenoxy) is 2. The summed E-state index contributed by atoms with van der Waals surface area (Å²) in [5.41, 5.74) is 1.30. The number of esters is 1. The molecule has 0 bridgehead atoms. The number of carbonyl (C=O) groups is 3. The molecule has 2 aromatic rings. The van der Waals surface area contributed by atoms with E-state index in [0.29, 0.717) is 5.69 Å². The summed E-state index contributed by atoms with van der Waals surface area (Å²) in [6, 6.07) is 16.0. The van der Waals surface area contributed by atoms with Gasteiger partial charge in [0.2, 0.25) is 5.91 Å². The van der Waals surface area contributed by atoms with Gasteiger partial charge in [-0.1, -0.05) is 30.3 Å². The van der Waals surface area contributed by atoms with E-state index < -0.39 is 17.5 Å². The molecule has 0 aromatic heterocycles. The average molecular weight is 428 g/mol. The first kappa shape index (κ1) is 23.9. The first-order valence-electron chi connectivity index (χ1n) is 9.82. The fourth-order valence-corrected chi connectivity index (χ4v) is 3.07. The molecule has 0 aliphatic carbocycles. The highest BCUT2D eigenvalue weighted by molar-refractivity contribution is 5.94. The second kappa shape index (κ2) is 11.1. The molecule has 1 atom stereocenters. The maximum atomic E-state index is 12.5. The molecule has 3 amide bonds. The molecule has 0 radical (unpaired) electrons. The van der Waals surface area contributed by atoms with Crippen LogP contribution in [0, 0.1) is 0 Å². The second-order valence-corrected chi connectivity index (χ2v) is 7.49. The van der Waals surface area contributed by atoms with Crippen molar-refractivity contribution in [1.82, 2.24) is 5.32 Å². The van der Waals surface area contributed by atoms with Gasteiger partial charge in [0, 0.05) is 25.5 Å². The van der Waals surface area contributed by atoms with E-state index in [1.54, 1.807) is 43.1 Å². The highest BCUT2D eigenvalue weighted by atomic mass is 16.5. The lowest BCUT2D eigenvalue weighted by Gasteiger charge is -2.29. The van der Waals surface area contributed by atoms with E-state index in [9.17, 15) is 14.4 Å². The van der Waals surface area contributed by atoms with Crippen LogP contribution in [-0.4, -0.2) is 51.3 Å². The van der Waals surface area contributed by atoms with Gasteiger partial charge in [-0.2, -0.15) is 0 Å². The van der Waals surface area contributed by atoms with Crippen LogP contribution < -0.4 is 15.5 Å². The molecule has 31 heavy (non-hydrogen) atoms. The normalized spacial score (nSPS) is 12.4. The highest BCUT2D eigenvalue weighted by Gasteiger charge is 2.30. The number of benzene rings is 2. The van der Waals surface area contributed by atoms with Crippen LogP contribution in [0.15, 0.2) is 54.6 Å². The van der Waals surface area contributed by atoms with Crippen LogP contribution >= 0.6 is 0 Å². The predicted molar refractivity (Wildman–Crippen MR) is 119 cm³/mol. The maximum absolute atomic E-state index is 12.5. The number of hydrogen-bond donors (Lipinski definition) is 2. The lowest BCUT2D eigenvalue weighted by molar-refractivity contribution is -0.142. The maximum Gasteiger partial charge on any atom is 0.319 e. The topological polar surface area (TPSA) is 97.0 Å². The molecule has 0 saturated carbocycles. The smallest absolute Gasteiger partial charge is 0.319 e. The average Bonchev–Trinajstić information content (AvgIpc) is 2.74. The van der Waals surface area contributed by atoms with Gasteiger partial charge in [-0.15, -0.1) is 0 Å². The van der Waals surface area contributed by atoms with Crippen LogP contribution in [0.1, 0.15) is 18.9 Å². The molecule has 2 N–H and O–H groups in total. The van der Waals surface area contributed by atoms with Crippen LogP contribution in [0.5, 0.6) is 0 Å². The summed E-state index contributed by atoms with van der Waals surface area (Å²) < 4.78 is 9.81. The Morgan fingerprint density at radius 3 is 2.23 bits per heavy atom. The number of methoxy groups -OCH3 is 2. The Balaban J connectivity index is 1.94. The van der Waals surface area contributed by atoms with E-state index in [4.69, 9.17) is 4.74 Å². The van der Waals surface area contributed by atoms with Gasteiger partial charge in [0.15, 0.2) is 0 Å². The quantitative estimate of drug-likeness (QED) is 0.600. The van der Waals surface area contributed by atoms with Gasteiger partial charge in [0.25, 0.3) is 0 Å². The van der Waals surface area contributed by atoms with Gasteiger partial charge in [-0.3, -0.25) is 9.59 Å². The summed E-state index contributed by atoms with van der Waals surface area (Å²) in [7, 11) is 4.52. The molecule has 0 saturated heterocycles. The number of anilines is 2. The third-order valence-electron chi connectivity index (χ3n) is 4.73. The Morgan fingerprint density at radius 1 is 1.00 bits per heavy atom. The van der Waals surface area contributed by atoms with Gasteiger partial charge in [0.05, 0.1) is 32.1 Å². The van der Waals surface area contributed by atoms with E-state index in [2.05, 4.69) is 15.4 Å². The lowest BCUT2D eigenvalue weighted by atomic mass is 9.99. The lowest BCUT2D eigenvalue weighted by Crippen LogP contribution is -2.52. The summed E-state index contributed by atoms with van der Waals surface area (Å²) >= 11 is 0. The zero-order chi connectivity index (χ0) is 22.9. The fourth-order valence-electron chi connectivity index (χ4n) is 3.07. The highest BCUT2D eigenvalue weighted by Crippen LogP contribution is 2.16. The third kappa shape index (κ3) is 7.42. The number of nitrogens with one attached hydrogen (secondary N) is 2. The third-order valence-corrected chi connectivity index (χ3v) is 4.73. The number of amides is 3. The molecule has 0 aliphatic heterocycles. The first-order chi connectivity index (χ1) is 14.8. The number of rotatable bonds is 9. The molecule has 166 valence electrons. The van der Waals surface area contributed by atoms with E-state index in [-0.39, 0.29) is 25.4 Å². The number of likely N-dealkylation sites (N-methyl/N-ethyl adjacent to an activating group) is 1. The molecule has 2 aromatic carbocycles. The Bertz CT molecular complexity index is 886. The number of carbonyl (C=O) groups excluding carboxylic acids is 3. The Kier molecular flexibility index (Phi) is 8.57. The first-order valence-corrected chi connectivity index (χ1v) is 9.82. The van der Waals surface area contributed by atoms with Crippen molar-refractivity contribution < 1.29 is 23.9 Å². The van der Waals surface area contributed by atoms with Crippen molar-refractivity contribution in [1.29, 1.82) is 0 Å². The number of urea groups is 1. The van der Waals surface area contributed by atoms with Gasteiger partial charge < -0.3 is 25.0 Å². The van der Waals surface area contributed by atoms with Crippen LogP contribution in [-0.2, 0) is 25.5 Å². The van der Waals surface area contributed by atoms with Crippen LogP contribution in [0.4, 0.5) is 16.2 Å². The Morgan fingerprint density at radius 2 is 1.65 bits per heavy atom. The van der Waals surface area contributed by atoms with Crippen molar-refractivity contribution in [3.8, 4) is 0 Å². The van der Waals surface area contributed by atoms with Gasteiger partial charge in [-0.05, 0) is 36.8 Å². The van der Waals surface area contributed by atoms with Crippen LogP contribution in [0.2, 0.25) is 0 Å². The van der Waals surface area contributed by atoms with Crippen molar-refractivity contribution in [3.05, 3.63) is 60.2 Å². The fraction of sp³-hybridized carbons (Fsp3) is 0.348. The summed E-state index contributed by atoms with van der Waals surface area (Å²) in [6.45, 7) is 1.84. The number of para-hydroxylation sites is 1. The van der Waals surface area contributed by atoms with Crippen molar-refractivity contribution in [2.75, 3.05) is 38.1 Å². The SMILES string of the molecule is COCC(C)(CC(=O)OC)NC(=O)Nc1ccc(CC(=O)N(C)c2ccccc2)cc1. The molecule has 1 unspecified atom stereocenters. The molecule has 2 rings (SSSR count). The molecular formula is C23H29N3O5. The summed E-state index contributed by atoms with van der Waals surface area (Å²) in [5, 5.41) is 5.47. The van der Waals surface area contributed by atoms with Gasteiger partial charge in [-0.25, -0.2) is 4.79 Å². The van der Waals surface area contributed by atoms with Crippen LogP contribution in [0.25, 0.3) is 0 Å². The summed E-state index contributed by atoms with van der Waals surface area (Å²) in [6.07, 6.45) is 0.212. The van der Waals surface area contributed by atoms with Crippen molar-refractivity contribution in [2.24, 2.45) is 0 Å². The largest absolute Gasteiger partial charge is 0.469 e. The minimum Gasteiger partial charge on any atom is -0.469 e. The summed E-state index contributed by atoms with van der Waals surface area (Å²) in [5.74, 6) is -0.489. The van der Waals surface area contributed by atoms with Crippen molar-refractivity contribution in [2.45, 2.75) is 25.3 Å². The monoisotopic (exact) mass is 427 g/mol. The molecule has 0 aliphatic rings. The van der Waals surface area contributed by atoms with Crippen molar-refractivity contribution >= 4 is 29.3 Å². The Hall–Kier alpha value is -3.39.